The molecule has 0 bridgehead atoms. The van der Waals surface area contributed by atoms with Crippen molar-refractivity contribution in [1.82, 2.24) is 4.57 Å². The van der Waals surface area contributed by atoms with E-state index in [1.54, 1.807) is 42.7 Å². The highest BCUT2D eigenvalue weighted by Gasteiger charge is 2.07. The van der Waals surface area contributed by atoms with Crippen LogP contribution in [-0.4, -0.2) is 10.5 Å². The number of anilines is 2. The Morgan fingerprint density at radius 3 is 2.50 bits per heavy atom. The van der Waals surface area contributed by atoms with Crippen LogP contribution in [0.2, 0.25) is 0 Å². The van der Waals surface area contributed by atoms with Gasteiger partial charge in [0.15, 0.2) is 5.43 Å². The first kappa shape index (κ1) is 15.6. The van der Waals surface area contributed by atoms with Crippen molar-refractivity contribution in [2.24, 2.45) is 0 Å². The molecule has 1 heterocycles. The van der Waals surface area contributed by atoms with Crippen molar-refractivity contribution in [3.05, 3.63) is 94.4 Å². The minimum Gasteiger partial charge on any atom is -0.399 e. The second kappa shape index (κ2) is 6.83. The monoisotopic (exact) mass is 319 g/mol. The number of hydrogen-bond donors (Lipinski definition) is 2. The number of amides is 1. The van der Waals surface area contributed by atoms with Crippen LogP contribution in [0.5, 0.6) is 0 Å². The molecule has 1 amide bonds. The number of carbonyl (C=O) groups excluding carboxylic acids is 1. The van der Waals surface area contributed by atoms with Crippen LogP contribution in [0.4, 0.5) is 11.4 Å². The summed E-state index contributed by atoms with van der Waals surface area (Å²) in [5, 5.41) is 2.83. The molecule has 0 fully saturated rings. The highest BCUT2D eigenvalue weighted by Crippen LogP contribution is 2.14. The van der Waals surface area contributed by atoms with Gasteiger partial charge in [-0.15, -0.1) is 0 Å². The lowest BCUT2D eigenvalue weighted by Crippen LogP contribution is -2.12. The molecule has 0 aliphatic carbocycles. The van der Waals surface area contributed by atoms with Crippen LogP contribution < -0.4 is 16.5 Å². The number of nitrogens with one attached hydrogen (secondary N) is 1. The van der Waals surface area contributed by atoms with Gasteiger partial charge < -0.3 is 15.6 Å². The lowest BCUT2D eigenvalue weighted by molar-refractivity contribution is 0.102. The Hall–Kier alpha value is -3.34. The summed E-state index contributed by atoms with van der Waals surface area (Å²) in [6, 6.07) is 17.4. The number of pyridine rings is 1. The Balaban J connectivity index is 1.75. The quantitative estimate of drug-likeness (QED) is 0.726. The molecular weight excluding hydrogens is 302 g/mol. The Labute approximate surface area is 139 Å². The van der Waals surface area contributed by atoms with Gasteiger partial charge in [0.1, 0.15) is 0 Å². The Morgan fingerprint density at radius 2 is 1.75 bits per heavy atom. The Bertz CT molecular complexity index is 911. The maximum Gasteiger partial charge on any atom is 0.255 e. The minimum atomic E-state index is -0.192. The second-order valence-corrected chi connectivity index (χ2v) is 5.49. The van der Waals surface area contributed by atoms with Crippen LogP contribution in [0.3, 0.4) is 0 Å². The lowest BCUT2D eigenvalue weighted by atomic mass is 10.1. The SMILES string of the molecule is Nc1cccc(NC(=O)c2cccc(Cn3ccc(=O)cc3)c2)c1. The predicted octanol–water partition coefficient (Wildman–Crippen LogP) is 2.73. The second-order valence-electron chi connectivity index (χ2n) is 5.49. The van der Waals surface area contributed by atoms with E-state index in [2.05, 4.69) is 5.32 Å². The van der Waals surface area contributed by atoms with Gasteiger partial charge in [-0.1, -0.05) is 18.2 Å². The third-order valence-corrected chi connectivity index (χ3v) is 3.56. The first-order valence-electron chi connectivity index (χ1n) is 7.52. The van der Waals surface area contributed by atoms with Crippen LogP contribution in [0, 0.1) is 0 Å². The van der Waals surface area contributed by atoms with E-state index in [1.807, 2.05) is 22.8 Å². The van der Waals surface area contributed by atoms with E-state index in [0.717, 1.165) is 5.56 Å². The maximum absolute atomic E-state index is 12.4. The van der Waals surface area contributed by atoms with E-state index in [4.69, 9.17) is 5.73 Å². The number of rotatable bonds is 4. The predicted molar refractivity (Wildman–Crippen MR) is 95.1 cm³/mol. The normalized spacial score (nSPS) is 10.3. The highest BCUT2D eigenvalue weighted by atomic mass is 16.1. The van der Waals surface area contributed by atoms with Gasteiger partial charge in [-0.25, -0.2) is 0 Å². The van der Waals surface area contributed by atoms with Crippen LogP contribution in [0.1, 0.15) is 15.9 Å². The number of nitrogens with zero attached hydrogens (tertiary/aromatic N) is 1. The molecule has 0 aliphatic heterocycles. The molecule has 0 atom stereocenters. The van der Waals surface area contributed by atoms with Crippen LogP contribution >= 0.6 is 0 Å². The molecule has 5 heteroatoms. The van der Waals surface area contributed by atoms with Crippen molar-refractivity contribution in [2.75, 3.05) is 11.1 Å². The van der Waals surface area contributed by atoms with Crippen molar-refractivity contribution in [3.8, 4) is 0 Å². The standard InChI is InChI=1S/C19H17N3O2/c20-16-5-2-6-17(12-16)21-19(24)15-4-1-3-14(11-15)13-22-9-7-18(23)8-10-22/h1-12H,13,20H2,(H,21,24). The van der Waals surface area contributed by atoms with Crippen molar-refractivity contribution < 1.29 is 4.79 Å². The molecular formula is C19H17N3O2. The van der Waals surface area contributed by atoms with Gasteiger partial charge in [0.05, 0.1) is 0 Å². The molecule has 3 rings (SSSR count). The average Bonchev–Trinajstić information content (AvgIpc) is 2.57. The fourth-order valence-electron chi connectivity index (χ4n) is 2.39. The highest BCUT2D eigenvalue weighted by molar-refractivity contribution is 6.04. The molecule has 5 nitrogen and oxygen atoms in total. The third-order valence-electron chi connectivity index (χ3n) is 3.56. The summed E-state index contributed by atoms with van der Waals surface area (Å²) in [6.07, 6.45) is 3.45. The molecule has 0 unspecified atom stereocenters. The number of nitrogens with two attached hydrogens (primary N) is 1. The van der Waals surface area contributed by atoms with Gasteiger partial charge in [0.2, 0.25) is 0 Å². The number of nitrogen functional groups attached to an aromatic ring is 1. The smallest absolute Gasteiger partial charge is 0.255 e. The van der Waals surface area contributed by atoms with E-state index in [0.29, 0.717) is 23.5 Å². The number of hydrogen-bond acceptors (Lipinski definition) is 3. The van der Waals surface area contributed by atoms with Gasteiger partial charge in [0, 0.05) is 48.0 Å². The van der Waals surface area contributed by atoms with E-state index in [9.17, 15) is 9.59 Å². The van der Waals surface area contributed by atoms with Gasteiger partial charge in [0.25, 0.3) is 5.91 Å². The van der Waals surface area contributed by atoms with E-state index >= 15 is 0 Å². The molecule has 0 radical (unpaired) electrons. The molecule has 1 aromatic heterocycles. The topological polar surface area (TPSA) is 77.1 Å². The molecule has 3 aromatic rings. The minimum absolute atomic E-state index is 0.0264. The summed E-state index contributed by atoms with van der Waals surface area (Å²) in [6.45, 7) is 0.583. The fourth-order valence-corrected chi connectivity index (χ4v) is 2.39. The van der Waals surface area contributed by atoms with Crippen molar-refractivity contribution in [2.45, 2.75) is 6.54 Å². The zero-order chi connectivity index (χ0) is 16.9. The molecule has 3 N–H and O–H groups in total. The van der Waals surface area contributed by atoms with Crippen molar-refractivity contribution in [1.29, 1.82) is 0 Å². The van der Waals surface area contributed by atoms with E-state index in [-0.39, 0.29) is 11.3 Å². The summed E-state index contributed by atoms with van der Waals surface area (Å²) < 4.78 is 1.89. The number of carbonyl (C=O) groups is 1. The largest absolute Gasteiger partial charge is 0.399 e. The molecule has 0 aliphatic rings. The van der Waals surface area contributed by atoms with Gasteiger partial charge in [-0.3, -0.25) is 9.59 Å². The van der Waals surface area contributed by atoms with Gasteiger partial charge in [-0.2, -0.15) is 0 Å². The van der Waals surface area contributed by atoms with Gasteiger partial charge in [-0.05, 0) is 35.9 Å². The summed E-state index contributed by atoms with van der Waals surface area (Å²) in [5.74, 6) is -0.192. The van der Waals surface area contributed by atoms with Crippen molar-refractivity contribution >= 4 is 17.3 Å². The van der Waals surface area contributed by atoms with Crippen molar-refractivity contribution in [3.63, 3.8) is 0 Å². The Morgan fingerprint density at radius 1 is 1.00 bits per heavy atom. The Kier molecular flexibility index (Phi) is 4.43. The molecule has 0 saturated carbocycles. The average molecular weight is 319 g/mol. The first-order valence-corrected chi connectivity index (χ1v) is 7.52. The molecule has 0 saturated heterocycles. The maximum atomic E-state index is 12.4. The zero-order valence-electron chi connectivity index (χ0n) is 13.0. The lowest BCUT2D eigenvalue weighted by Gasteiger charge is -2.09. The summed E-state index contributed by atoms with van der Waals surface area (Å²) in [5.41, 5.74) is 8.48. The van der Waals surface area contributed by atoms with E-state index < -0.39 is 0 Å². The molecule has 24 heavy (non-hydrogen) atoms. The fraction of sp³-hybridized carbons (Fsp3) is 0.0526. The van der Waals surface area contributed by atoms with Crippen LogP contribution in [0.25, 0.3) is 0 Å². The number of aromatic nitrogens is 1. The summed E-state index contributed by atoms with van der Waals surface area (Å²) in [4.78, 5) is 23.5. The van der Waals surface area contributed by atoms with Gasteiger partial charge >= 0.3 is 0 Å². The van der Waals surface area contributed by atoms with E-state index in [1.165, 1.54) is 12.1 Å². The first-order chi connectivity index (χ1) is 11.6. The molecule has 2 aromatic carbocycles. The van der Waals surface area contributed by atoms with Crippen LogP contribution in [-0.2, 0) is 6.54 Å². The molecule has 0 spiro atoms. The van der Waals surface area contributed by atoms with Crippen LogP contribution in [0.15, 0.2) is 77.9 Å². The zero-order valence-corrected chi connectivity index (χ0v) is 13.0. The summed E-state index contributed by atoms with van der Waals surface area (Å²) >= 11 is 0. The third kappa shape index (κ3) is 3.89. The number of benzene rings is 2. The summed E-state index contributed by atoms with van der Waals surface area (Å²) in [7, 11) is 0. The molecule has 120 valence electrons.